The molecular weight excluding hydrogens is 408 g/mol. The molecule has 3 aromatic rings. The SMILES string of the molecule is O=C(Nc1cccc(-c2ccc3c(c2)CC[CH]C3)c1)Nc1ccc(F)c(C(F)(F)F)c1. The van der Waals surface area contributed by atoms with E-state index in [9.17, 15) is 22.4 Å². The van der Waals surface area contributed by atoms with Gasteiger partial charge < -0.3 is 10.6 Å². The topological polar surface area (TPSA) is 41.1 Å². The maximum Gasteiger partial charge on any atom is 0.419 e. The zero-order valence-corrected chi connectivity index (χ0v) is 16.4. The van der Waals surface area contributed by atoms with Crippen molar-refractivity contribution in [2.75, 3.05) is 10.6 Å². The summed E-state index contributed by atoms with van der Waals surface area (Å²) >= 11 is 0. The van der Waals surface area contributed by atoms with Gasteiger partial charge in [-0.15, -0.1) is 0 Å². The highest BCUT2D eigenvalue weighted by molar-refractivity contribution is 6.00. The fraction of sp³-hybridized carbons (Fsp3) is 0.167. The van der Waals surface area contributed by atoms with Crippen LogP contribution in [0.1, 0.15) is 23.1 Å². The summed E-state index contributed by atoms with van der Waals surface area (Å²) in [6, 6.07) is 15.1. The second-order valence-corrected chi connectivity index (χ2v) is 7.37. The number of halogens is 4. The van der Waals surface area contributed by atoms with Gasteiger partial charge in [-0.1, -0.05) is 30.3 Å². The molecule has 2 N–H and O–H groups in total. The van der Waals surface area contributed by atoms with Crippen molar-refractivity contribution in [3.8, 4) is 11.1 Å². The Hall–Kier alpha value is -3.35. The number of anilines is 2. The molecular formula is C24H19F4N2O. The molecule has 1 radical (unpaired) electrons. The number of urea groups is 1. The van der Waals surface area contributed by atoms with Crippen LogP contribution in [0.15, 0.2) is 60.7 Å². The first kappa shape index (κ1) is 20.9. The molecule has 0 unspecified atom stereocenters. The number of benzene rings is 3. The van der Waals surface area contributed by atoms with Gasteiger partial charge >= 0.3 is 12.2 Å². The van der Waals surface area contributed by atoms with Gasteiger partial charge in [0.2, 0.25) is 0 Å². The van der Waals surface area contributed by atoms with E-state index in [1.165, 1.54) is 11.1 Å². The Kier molecular flexibility index (Phi) is 5.67. The van der Waals surface area contributed by atoms with E-state index in [4.69, 9.17) is 0 Å². The molecule has 3 aromatic carbocycles. The lowest BCUT2D eigenvalue weighted by molar-refractivity contribution is -0.139. The number of alkyl halides is 3. The second kappa shape index (κ2) is 8.41. The first-order chi connectivity index (χ1) is 14.8. The van der Waals surface area contributed by atoms with E-state index in [-0.39, 0.29) is 5.69 Å². The molecule has 159 valence electrons. The Morgan fingerprint density at radius 1 is 0.839 bits per heavy atom. The number of carbonyl (C=O) groups excluding carboxylic acids is 1. The smallest absolute Gasteiger partial charge is 0.308 e. The predicted octanol–water partition coefficient (Wildman–Crippen LogP) is 6.85. The Bertz CT molecular complexity index is 1120. The van der Waals surface area contributed by atoms with Crippen molar-refractivity contribution in [1.29, 1.82) is 0 Å². The van der Waals surface area contributed by atoms with Crippen LogP contribution >= 0.6 is 0 Å². The highest BCUT2D eigenvalue weighted by Crippen LogP contribution is 2.33. The minimum Gasteiger partial charge on any atom is -0.308 e. The molecule has 1 aliphatic carbocycles. The van der Waals surface area contributed by atoms with E-state index in [1.807, 2.05) is 12.1 Å². The van der Waals surface area contributed by atoms with Crippen LogP contribution in [0.2, 0.25) is 0 Å². The summed E-state index contributed by atoms with van der Waals surface area (Å²) in [4.78, 5) is 12.3. The highest BCUT2D eigenvalue weighted by atomic mass is 19.4. The number of aryl methyl sites for hydroxylation is 1. The van der Waals surface area contributed by atoms with Crippen LogP contribution in [-0.2, 0) is 19.0 Å². The van der Waals surface area contributed by atoms with Gasteiger partial charge in [-0.05, 0) is 78.3 Å². The normalized spacial score (nSPS) is 13.4. The van der Waals surface area contributed by atoms with Gasteiger partial charge in [0.05, 0.1) is 5.56 Å². The summed E-state index contributed by atoms with van der Waals surface area (Å²) in [7, 11) is 0. The van der Waals surface area contributed by atoms with E-state index < -0.39 is 23.6 Å². The molecule has 31 heavy (non-hydrogen) atoms. The number of nitrogens with one attached hydrogen (secondary N) is 2. The van der Waals surface area contributed by atoms with Gasteiger partial charge in [0, 0.05) is 11.4 Å². The summed E-state index contributed by atoms with van der Waals surface area (Å²) in [5.41, 5.74) is 3.47. The van der Waals surface area contributed by atoms with Crippen molar-refractivity contribution in [3.63, 3.8) is 0 Å². The van der Waals surface area contributed by atoms with E-state index in [2.05, 4.69) is 29.2 Å². The zero-order valence-electron chi connectivity index (χ0n) is 16.4. The molecule has 4 rings (SSSR count). The summed E-state index contributed by atoms with van der Waals surface area (Å²) < 4.78 is 52.0. The minimum absolute atomic E-state index is 0.158. The molecule has 0 aliphatic heterocycles. The van der Waals surface area contributed by atoms with Crippen LogP contribution in [0, 0.1) is 12.2 Å². The Balaban J connectivity index is 1.49. The second-order valence-electron chi connectivity index (χ2n) is 7.37. The zero-order chi connectivity index (χ0) is 22.0. The van der Waals surface area contributed by atoms with Crippen LogP contribution in [0.3, 0.4) is 0 Å². The fourth-order valence-electron chi connectivity index (χ4n) is 3.64. The lowest BCUT2D eigenvalue weighted by atomic mass is 9.89. The van der Waals surface area contributed by atoms with E-state index in [0.29, 0.717) is 17.8 Å². The van der Waals surface area contributed by atoms with Crippen molar-refractivity contribution >= 4 is 17.4 Å². The molecule has 7 heteroatoms. The average molecular weight is 427 g/mol. The third-order valence-electron chi connectivity index (χ3n) is 5.17. The maximum atomic E-state index is 13.4. The molecule has 0 spiro atoms. The summed E-state index contributed by atoms with van der Waals surface area (Å²) in [6.45, 7) is 0. The molecule has 0 saturated carbocycles. The molecule has 0 bridgehead atoms. The molecule has 0 saturated heterocycles. The molecule has 1 aliphatic rings. The van der Waals surface area contributed by atoms with Gasteiger partial charge in [0.25, 0.3) is 0 Å². The van der Waals surface area contributed by atoms with Gasteiger partial charge in [-0.25, -0.2) is 9.18 Å². The standard InChI is InChI=1S/C24H19F4N2O/c25-22-11-10-20(14-21(22)24(26,27)28)30-23(31)29-19-7-3-6-17(13-19)18-9-8-15-4-1-2-5-16(15)12-18/h1,3,6-14H,2,4-5H2,(H2,29,30,31). The van der Waals surface area contributed by atoms with Crippen molar-refractivity contribution in [2.24, 2.45) is 0 Å². The molecule has 2 amide bonds. The molecule has 3 nitrogen and oxygen atoms in total. The van der Waals surface area contributed by atoms with Crippen LogP contribution in [0.25, 0.3) is 11.1 Å². The minimum atomic E-state index is -4.85. The first-order valence-corrected chi connectivity index (χ1v) is 9.78. The number of carbonyl (C=O) groups is 1. The van der Waals surface area contributed by atoms with Crippen LogP contribution in [0.5, 0.6) is 0 Å². The van der Waals surface area contributed by atoms with E-state index in [1.54, 1.807) is 18.2 Å². The number of hydrogen-bond donors (Lipinski definition) is 2. The quantitative estimate of drug-likeness (QED) is 0.441. The third kappa shape index (κ3) is 4.87. The van der Waals surface area contributed by atoms with Gasteiger partial charge in [-0.2, -0.15) is 13.2 Å². The lowest BCUT2D eigenvalue weighted by Gasteiger charge is -2.17. The fourth-order valence-corrected chi connectivity index (χ4v) is 3.64. The number of amides is 2. The molecule has 0 aromatic heterocycles. The number of hydrogen-bond acceptors (Lipinski definition) is 1. The van der Waals surface area contributed by atoms with Crippen LogP contribution in [0.4, 0.5) is 33.7 Å². The Morgan fingerprint density at radius 3 is 2.35 bits per heavy atom. The third-order valence-corrected chi connectivity index (χ3v) is 5.17. The van der Waals surface area contributed by atoms with Crippen molar-refractivity contribution < 1.29 is 22.4 Å². The first-order valence-electron chi connectivity index (χ1n) is 9.78. The summed E-state index contributed by atoms with van der Waals surface area (Å²) in [5, 5.41) is 4.92. The van der Waals surface area contributed by atoms with Crippen molar-refractivity contribution in [1.82, 2.24) is 0 Å². The van der Waals surface area contributed by atoms with Gasteiger partial charge in [-0.3, -0.25) is 0 Å². The number of rotatable bonds is 3. The molecule has 0 heterocycles. The average Bonchev–Trinajstić information content (AvgIpc) is 2.74. The van der Waals surface area contributed by atoms with Crippen LogP contribution < -0.4 is 10.6 Å². The summed E-state index contributed by atoms with van der Waals surface area (Å²) in [6.07, 6.45) is 0.443. The van der Waals surface area contributed by atoms with E-state index >= 15 is 0 Å². The maximum absolute atomic E-state index is 13.4. The monoisotopic (exact) mass is 427 g/mol. The van der Waals surface area contributed by atoms with Crippen LogP contribution in [-0.4, -0.2) is 6.03 Å². The van der Waals surface area contributed by atoms with Crippen molar-refractivity contribution in [3.05, 3.63) is 89.6 Å². The molecule has 0 atom stereocenters. The highest BCUT2D eigenvalue weighted by Gasteiger charge is 2.34. The predicted molar refractivity (Wildman–Crippen MR) is 112 cm³/mol. The number of fused-ring (bicyclic) bond motifs is 1. The Labute approximate surface area is 177 Å². The van der Waals surface area contributed by atoms with Gasteiger partial charge in [0.1, 0.15) is 5.82 Å². The lowest BCUT2D eigenvalue weighted by Crippen LogP contribution is -2.20. The molecule has 0 fully saturated rings. The summed E-state index contributed by atoms with van der Waals surface area (Å²) in [5.74, 6) is -1.39. The van der Waals surface area contributed by atoms with E-state index in [0.717, 1.165) is 36.5 Å². The van der Waals surface area contributed by atoms with Crippen molar-refractivity contribution in [2.45, 2.75) is 25.4 Å². The Morgan fingerprint density at radius 2 is 1.58 bits per heavy atom. The largest absolute Gasteiger partial charge is 0.419 e. The van der Waals surface area contributed by atoms with Gasteiger partial charge in [0.15, 0.2) is 0 Å².